The highest BCUT2D eigenvalue weighted by Gasteiger charge is 2.49. The summed E-state index contributed by atoms with van der Waals surface area (Å²) in [4.78, 5) is 53.8. The topological polar surface area (TPSA) is 105 Å². The molecule has 0 spiro atoms. The molecule has 0 heterocycles. The summed E-state index contributed by atoms with van der Waals surface area (Å²) in [5.74, 6) is -2.14. The van der Waals surface area contributed by atoms with Crippen LogP contribution in [0.2, 0.25) is 0 Å². The second-order valence-electron chi connectivity index (χ2n) is 11.9. The van der Waals surface area contributed by atoms with Gasteiger partial charge in [-0.25, -0.2) is 0 Å². The van der Waals surface area contributed by atoms with E-state index in [9.17, 15) is 19.2 Å². The van der Waals surface area contributed by atoms with Crippen LogP contribution in [0.4, 0.5) is 0 Å². The molecular weight excluding hydrogens is 572 g/mol. The lowest BCUT2D eigenvalue weighted by Crippen LogP contribution is -2.44. The average molecular weight is 629 g/mol. The third-order valence-corrected chi connectivity index (χ3v) is 8.70. The van der Waals surface area contributed by atoms with Gasteiger partial charge in [-0.05, 0) is 70.9 Å². The van der Waals surface area contributed by atoms with Crippen LogP contribution in [-0.2, 0) is 44.5 Å². The van der Waals surface area contributed by atoms with Crippen LogP contribution in [0.5, 0.6) is 0 Å². The Morgan fingerprint density at radius 2 is 0.956 bits per heavy atom. The van der Waals surface area contributed by atoms with Crippen molar-refractivity contribution >= 4 is 30.0 Å². The van der Waals surface area contributed by atoms with Crippen LogP contribution in [0.3, 0.4) is 0 Å². The molecule has 0 saturated heterocycles. The molecule has 0 N–H and O–H groups in total. The minimum Gasteiger partial charge on any atom is -0.465 e. The summed E-state index contributed by atoms with van der Waals surface area (Å²) >= 11 is 0. The first kappa shape index (κ1) is 38.0. The predicted octanol–water partition coefficient (Wildman–Crippen LogP) is 7.94. The number of fused-ring (bicyclic) bond motifs is 1. The molecule has 8 nitrogen and oxygen atoms in total. The summed E-state index contributed by atoms with van der Waals surface area (Å²) < 4.78 is 21.9. The summed E-state index contributed by atoms with van der Waals surface area (Å²) in [5.41, 5.74) is -1.14. The molecule has 8 heteroatoms. The normalized spacial score (nSPS) is 19.0. The maximum Gasteiger partial charge on any atom is 0.323 e. The van der Waals surface area contributed by atoms with Gasteiger partial charge in [-0.1, -0.05) is 101 Å². The Labute approximate surface area is 270 Å². The molecule has 45 heavy (non-hydrogen) atoms. The highest BCUT2D eigenvalue weighted by Crippen LogP contribution is 2.37. The molecule has 0 aromatic heterocycles. The number of carbonyl (C=O) groups excluding carboxylic acids is 4. The van der Waals surface area contributed by atoms with E-state index < -0.39 is 34.7 Å². The summed E-state index contributed by atoms with van der Waals surface area (Å²) in [6, 6.07) is 7.65. The molecule has 252 valence electrons. The molecule has 0 unspecified atom stereocenters. The van der Waals surface area contributed by atoms with Crippen LogP contribution in [0.15, 0.2) is 30.3 Å². The number of allylic oxidation sites excluding steroid dienone is 1. The van der Waals surface area contributed by atoms with Crippen molar-refractivity contribution in [3.63, 3.8) is 0 Å². The van der Waals surface area contributed by atoms with Crippen molar-refractivity contribution in [2.24, 2.45) is 10.8 Å². The molecule has 0 bridgehead atoms. The monoisotopic (exact) mass is 628 g/mol. The van der Waals surface area contributed by atoms with E-state index >= 15 is 0 Å². The van der Waals surface area contributed by atoms with Gasteiger partial charge < -0.3 is 18.9 Å². The van der Waals surface area contributed by atoms with E-state index in [1.54, 1.807) is 27.7 Å². The Morgan fingerprint density at radius 1 is 0.556 bits per heavy atom. The third kappa shape index (κ3) is 11.3. The minimum atomic E-state index is -1.45. The quantitative estimate of drug-likeness (QED) is 0.162. The molecule has 0 aliphatic heterocycles. The van der Waals surface area contributed by atoms with Gasteiger partial charge in [-0.15, -0.1) is 0 Å². The number of hydrogen-bond donors (Lipinski definition) is 0. The highest BCUT2D eigenvalue weighted by atomic mass is 16.6. The molecule has 1 aliphatic carbocycles. The van der Waals surface area contributed by atoms with Crippen molar-refractivity contribution in [3.05, 3.63) is 41.5 Å². The summed E-state index contributed by atoms with van der Waals surface area (Å²) in [6.07, 6.45) is 15.3. The van der Waals surface area contributed by atoms with Gasteiger partial charge in [0, 0.05) is 0 Å². The molecule has 1 aromatic rings. The first-order valence-corrected chi connectivity index (χ1v) is 17.2. The smallest absolute Gasteiger partial charge is 0.323 e. The maximum atomic E-state index is 13.6. The van der Waals surface area contributed by atoms with Gasteiger partial charge >= 0.3 is 23.9 Å². The Morgan fingerprint density at radius 3 is 1.42 bits per heavy atom. The second-order valence-corrected chi connectivity index (χ2v) is 11.9. The fraction of sp³-hybridized carbons (Fsp3) is 0.676. The summed E-state index contributed by atoms with van der Waals surface area (Å²) in [5, 5.41) is 0. The van der Waals surface area contributed by atoms with E-state index in [0.29, 0.717) is 19.3 Å². The molecule has 0 fully saturated rings. The summed E-state index contributed by atoms with van der Waals surface area (Å²) in [6.45, 7) is 7.69. The van der Waals surface area contributed by atoms with Crippen LogP contribution in [0.1, 0.15) is 129 Å². The Balaban J connectivity index is 2.50. The van der Waals surface area contributed by atoms with Gasteiger partial charge in [0.25, 0.3) is 0 Å². The number of carbonyl (C=O) groups is 4. The zero-order valence-electron chi connectivity index (χ0n) is 28.2. The maximum absolute atomic E-state index is 13.6. The van der Waals surface area contributed by atoms with Crippen molar-refractivity contribution < 1.29 is 38.1 Å². The molecular formula is C37H56O8. The van der Waals surface area contributed by atoms with Gasteiger partial charge in [0.15, 0.2) is 10.8 Å². The van der Waals surface area contributed by atoms with E-state index in [4.69, 9.17) is 18.9 Å². The van der Waals surface area contributed by atoms with Crippen LogP contribution in [0.25, 0.3) is 6.08 Å². The number of hydrogen-bond acceptors (Lipinski definition) is 8. The first-order valence-electron chi connectivity index (χ1n) is 17.2. The highest BCUT2D eigenvalue weighted by molar-refractivity contribution is 6.01. The van der Waals surface area contributed by atoms with Crippen molar-refractivity contribution in [3.8, 4) is 0 Å². The van der Waals surface area contributed by atoms with E-state index in [1.807, 2.05) is 36.4 Å². The Hall–Kier alpha value is -3.16. The van der Waals surface area contributed by atoms with Crippen LogP contribution in [0, 0.1) is 10.8 Å². The van der Waals surface area contributed by atoms with E-state index in [-0.39, 0.29) is 39.3 Å². The van der Waals surface area contributed by atoms with Crippen molar-refractivity contribution in [1.82, 2.24) is 0 Å². The van der Waals surface area contributed by atoms with E-state index in [1.165, 1.54) is 0 Å². The zero-order chi connectivity index (χ0) is 33.0. The molecule has 0 atom stereocenters. The Kier molecular flexibility index (Phi) is 17.6. The lowest BCUT2D eigenvalue weighted by Gasteiger charge is -2.30. The SMILES string of the molecule is CCOC(=O)C1(C(=O)OCC)CC/C=C/c2ccccc2CC(C(=O)OCC)(C(=O)OCC)CCCCCCCCCCCC1. The zero-order valence-corrected chi connectivity index (χ0v) is 28.2. The van der Waals surface area contributed by atoms with Gasteiger partial charge in [-0.2, -0.15) is 0 Å². The first-order chi connectivity index (χ1) is 21.8. The Bertz CT molecular complexity index is 1060. The standard InChI is InChI=1S/C37H56O8/c1-5-42-32(38)36(33(39)43-6-2)26-20-15-13-11-9-10-12-14-16-21-28-37(34(40)44-7-3,35(41)45-8-4)29-31-25-18-17-23-30(31)24-19-22-27-36/h17-19,23-25H,5-16,20-22,26-29H2,1-4H3/b24-19+. The third-order valence-electron chi connectivity index (χ3n) is 8.70. The van der Waals surface area contributed by atoms with Gasteiger partial charge in [-0.3, -0.25) is 19.2 Å². The fourth-order valence-corrected chi connectivity index (χ4v) is 6.20. The average Bonchev–Trinajstić information content (AvgIpc) is 3.02. The molecule has 0 amide bonds. The van der Waals surface area contributed by atoms with Crippen LogP contribution in [-0.4, -0.2) is 50.3 Å². The van der Waals surface area contributed by atoms with Crippen LogP contribution >= 0.6 is 0 Å². The number of rotatable bonds is 8. The lowest BCUT2D eigenvalue weighted by atomic mass is 9.76. The van der Waals surface area contributed by atoms with Crippen molar-refractivity contribution in [2.45, 2.75) is 124 Å². The van der Waals surface area contributed by atoms with Crippen molar-refractivity contribution in [2.75, 3.05) is 26.4 Å². The lowest BCUT2D eigenvalue weighted by molar-refractivity contribution is -0.175. The number of esters is 4. The second kappa shape index (κ2) is 20.8. The van der Waals surface area contributed by atoms with Gasteiger partial charge in [0.2, 0.25) is 0 Å². The molecule has 1 aliphatic rings. The largest absolute Gasteiger partial charge is 0.465 e. The van der Waals surface area contributed by atoms with Gasteiger partial charge in [0.1, 0.15) is 0 Å². The molecule has 2 rings (SSSR count). The number of ether oxygens (including phenoxy) is 4. The summed E-state index contributed by atoms with van der Waals surface area (Å²) in [7, 11) is 0. The van der Waals surface area contributed by atoms with Crippen LogP contribution < -0.4 is 0 Å². The predicted molar refractivity (Wildman–Crippen MR) is 175 cm³/mol. The number of benzene rings is 1. The van der Waals surface area contributed by atoms with E-state index in [2.05, 4.69) is 0 Å². The van der Waals surface area contributed by atoms with E-state index in [0.717, 1.165) is 75.3 Å². The minimum absolute atomic E-state index is 0.154. The van der Waals surface area contributed by atoms with Crippen molar-refractivity contribution in [1.29, 1.82) is 0 Å². The molecule has 1 aromatic carbocycles. The van der Waals surface area contributed by atoms with Gasteiger partial charge in [0.05, 0.1) is 26.4 Å². The molecule has 0 radical (unpaired) electrons. The molecule has 0 saturated carbocycles. The fourth-order valence-electron chi connectivity index (χ4n) is 6.20.